The number of sulfonamides is 1. The largest absolute Gasteiger partial charge is 0.402 e. The van der Waals surface area contributed by atoms with Crippen molar-refractivity contribution >= 4 is 26.0 Å². The number of hydrogen-bond donors (Lipinski definition) is 0. The van der Waals surface area contributed by atoms with Gasteiger partial charge in [-0.05, 0) is 22.4 Å². The predicted octanol–water partition coefficient (Wildman–Crippen LogP) is 1.54. The second-order valence-electron chi connectivity index (χ2n) is 3.76. The van der Waals surface area contributed by atoms with Gasteiger partial charge >= 0.3 is 6.18 Å². The summed E-state index contributed by atoms with van der Waals surface area (Å²) in [7, 11) is -3.02. The first kappa shape index (κ1) is 16.4. The van der Waals surface area contributed by atoms with Gasteiger partial charge in [-0.2, -0.15) is 17.5 Å². The van der Waals surface area contributed by atoms with Crippen LogP contribution in [0.15, 0.2) is 9.63 Å². The number of hydrogen-bond acceptors (Lipinski definition) is 4. The van der Waals surface area contributed by atoms with Crippen LogP contribution in [0.2, 0.25) is 0 Å². The third kappa shape index (κ3) is 3.89. The lowest BCUT2D eigenvalue weighted by Gasteiger charge is -2.22. The summed E-state index contributed by atoms with van der Waals surface area (Å²) in [5, 5.41) is 6.52. The van der Waals surface area contributed by atoms with Gasteiger partial charge in [0.15, 0.2) is 4.60 Å². The molecule has 110 valence electrons. The molecule has 0 aliphatic carbocycles. The number of nitrogens with zero attached hydrogens (tertiary/aromatic N) is 4. The summed E-state index contributed by atoms with van der Waals surface area (Å²) < 4.78 is 62.9. The third-order valence-corrected chi connectivity index (χ3v) is 4.88. The molecule has 0 aliphatic heterocycles. The quantitative estimate of drug-likeness (QED) is 0.794. The van der Waals surface area contributed by atoms with Crippen molar-refractivity contribution in [3.05, 3.63) is 4.60 Å². The summed E-state index contributed by atoms with van der Waals surface area (Å²) in [6, 6.07) is 0. The molecule has 0 fully saturated rings. The molecule has 1 aromatic heterocycles. The fourth-order valence-corrected chi connectivity index (χ4v) is 4.00. The van der Waals surface area contributed by atoms with E-state index in [9.17, 15) is 21.6 Å². The number of rotatable bonds is 5. The molecule has 11 heteroatoms. The summed E-state index contributed by atoms with van der Waals surface area (Å²) in [4.78, 5) is 0. The van der Waals surface area contributed by atoms with E-state index in [1.54, 1.807) is 6.92 Å². The molecule has 0 atom stereocenters. The van der Waals surface area contributed by atoms with Gasteiger partial charge < -0.3 is 0 Å². The van der Waals surface area contributed by atoms with Gasteiger partial charge in [0.05, 0.1) is 0 Å². The lowest BCUT2D eigenvalue weighted by Crippen LogP contribution is -2.40. The van der Waals surface area contributed by atoms with Crippen LogP contribution in [0.1, 0.15) is 13.3 Å². The third-order valence-electron chi connectivity index (χ3n) is 2.15. The molecule has 0 N–H and O–H groups in total. The van der Waals surface area contributed by atoms with Crippen molar-refractivity contribution in [3.8, 4) is 0 Å². The SMILES string of the molecule is CCCN(CC(F)(F)F)S(=O)(=O)c1c(Br)nnn1C. The van der Waals surface area contributed by atoms with Crippen LogP contribution in [-0.2, 0) is 17.1 Å². The Morgan fingerprint density at radius 2 is 2.00 bits per heavy atom. The van der Waals surface area contributed by atoms with Crippen LogP contribution >= 0.6 is 15.9 Å². The molecule has 0 spiro atoms. The molecular weight excluding hydrogens is 353 g/mol. The number of aromatic nitrogens is 3. The number of aryl methyl sites for hydroxylation is 1. The van der Waals surface area contributed by atoms with Crippen LogP contribution in [0.3, 0.4) is 0 Å². The van der Waals surface area contributed by atoms with E-state index in [1.807, 2.05) is 0 Å². The Balaban J connectivity index is 3.21. The molecule has 0 saturated heterocycles. The molecule has 0 amide bonds. The van der Waals surface area contributed by atoms with Crippen LogP contribution in [0.4, 0.5) is 13.2 Å². The highest BCUT2D eigenvalue weighted by molar-refractivity contribution is 9.10. The lowest BCUT2D eigenvalue weighted by atomic mass is 10.5. The fraction of sp³-hybridized carbons (Fsp3) is 0.750. The zero-order chi connectivity index (χ0) is 14.8. The average Bonchev–Trinajstić information content (AvgIpc) is 2.56. The Labute approximate surface area is 116 Å². The maximum Gasteiger partial charge on any atom is 0.402 e. The summed E-state index contributed by atoms with van der Waals surface area (Å²) in [5.41, 5.74) is 0. The zero-order valence-electron chi connectivity index (χ0n) is 10.1. The van der Waals surface area contributed by atoms with E-state index in [2.05, 4.69) is 26.2 Å². The molecule has 0 aliphatic rings. The Morgan fingerprint density at radius 3 is 2.37 bits per heavy atom. The monoisotopic (exact) mass is 364 g/mol. The minimum Gasteiger partial charge on any atom is -0.235 e. The van der Waals surface area contributed by atoms with Crippen molar-refractivity contribution in [1.29, 1.82) is 0 Å². The van der Waals surface area contributed by atoms with Crippen LogP contribution in [0, 0.1) is 0 Å². The van der Waals surface area contributed by atoms with Gasteiger partial charge in [-0.15, -0.1) is 5.10 Å². The van der Waals surface area contributed by atoms with Gasteiger partial charge in [0, 0.05) is 13.6 Å². The standard InChI is InChI=1S/C8H12BrF3N4O2S/c1-3-4-16(5-8(10,11)12)19(17,18)7-6(9)13-14-15(7)2/h3-5H2,1-2H3. The fourth-order valence-electron chi connectivity index (χ4n) is 1.45. The normalized spacial score (nSPS) is 13.2. The van der Waals surface area contributed by atoms with Crippen molar-refractivity contribution < 1.29 is 21.6 Å². The summed E-state index contributed by atoms with van der Waals surface area (Å²) >= 11 is 2.87. The van der Waals surface area contributed by atoms with E-state index in [0.29, 0.717) is 4.31 Å². The molecule has 0 unspecified atom stereocenters. The molecule has 1 heterocycles. The van der Waals surface area contributed by atoms with Crippen molar-refractivity contribution in [2.75, 3.05) is 13.1 Å². The second-order valence-corrected chi connectivity index (χ2v) is 6.37. The van der Waals surface area contributed by atoms with Crippen molar-refractivity contribution in [3.63, 3.8) is 0 Å². The van der Waals surface area contributed by atoms with E-state index in [0.717, 1.165) is 4.68 Å². The van der Waals surface area contributed by atoms with Gasteiger partial charge in [-0.3, -0.25) is 0 Å². The Kier molecular flexibility index (Phi) is 4.96. The average molecular weight is 365 g/mol. The summed E-state index contributed by atoms with van der Waals surface area (Å²) in [5.74, 6) is 0. The Bertz CT molecular complexity index is 523. The van der Waals surface area contributed by atoms with Crippen LogP contribution in [-0.4, -0.2) is 47.0 Å². The van der Waals surface area contributed by atoms with Crippen molar-refractivity contribution in [2.24, 2.45) is 7.05 Å². The molecular formula is C8H12BrF3N4O2S. The molecule has 0 aromatic carbocycles. The van der Waals surface area contributed by atoms with Gasteiger partial charge in [0.1, 0.15) is 6.54 Å². The van der Waals surface area contributed by atoms with Crippen LogP contribution < -0.4 is 0 Å². The minimum atomic E-state index is -4.61. The summed E-state index contributed by atoms with van der Waals surface area (Å²) in [6.07, 6.45) is -4.35. The second kappa shape index (κ2) is 5.75. The Morgan fingerprint density at radius 1 is 1.42 bits per heavy atom. The van der Waals surface area contributed by atoms with Crippen LogP contribution in [0.5, 0.6) is 0 Å². The smallest absolute Gasteiger partial charge is 0.235 e. The first-order chi connectivity index (χ1) is 8.59. The molecule has 6 nitrogen and oxygen atoms in total. The summed E-state index contributed by atoms with van der Waals surface area (Å²) in [6.45, 7) is -0.185. The highest BCUT2D eigenvalue weighted by Crippen LogP contribution is 2.26. The number of halogens is 4. The molecule has 0 bridgehead atoms. The lowest BCUT2D eigenvalue weighted by molar-refractivity contribution is -0.136. The van der Waals surface area contributed by atoms with E-state index >= 15 is 0 Å². The first-order valence-electron chi connectivity index (χ1n) is 5.21. The molecule has 0 saturated carbocycles. The number of alkyl halides is 3. The van der Waals surface area contributed by atoms with Crippen LogP contribution in [0.25, 0.3) is 0 Å². The van der Waals surface area contributed by atoms with E-state index < -0.39 is 27.8 Å². The zero-order valence-corrected chi connectivity index (χ0v) is 12.5. The van der Waals surface area contributed by atoms with Gasteiger partial charge in [0.2, 0.25) is 5.03 Å². The van der Waals surface area contributed by atoms with Crippen molar-refractivity contribution in [1.82, 2.24) is 19.3 Å². The highest BCUT2D eigenvalue weighted by Gasteiger charge is 2.39. The topological polar surface area (TPSA) is 68.1 Å². The van der Waals surface area contributed by atoms with Crippen molar-refractivity contribution in [2.45, 2.75) is 24.5 Å². The molecule has 1 rings (SSSR count). The molecule has 1 aromatic rings. The first-order valence-corrected chi connectivity index (χ1v) is 7.45. The highest BCUT2D eigenvalue weighted by atomic mass is 79.9. The Hall–Kier alpha value is -0.680. The molecule has 0 radical (unpaired) electrons. The van der Waals surface area contributed by atoms with Gasteiger partial charge in [-0.25, -0.2) is 13.1 Å². The maximum absolute atomic E-state index is 12.4. The maximum atomic E-state index is 12.4. The van der Waals surface area contributed by atoms with E-state index in [1.165, 1.54) is 7.05 Å². The van der Waals surface area contributed by atoms with Gasteiger partial charge in [0.25, 0.3) is 10.0 Å². The van der Waals surface area contributed by atoms with E-state index in [4.69, 9.17) is 0 Å². The molecule has 19 heavy (non-hydrogen) atoms. The van der Waals surface area contributed by atoms with E-state index in [-0.39, 0.29) is 17.6 Å². The minimum absolute atomic E-state index is 0.113. The van der Waals surface area contributed by atoms with Gasteiger partial charge in [-0.1, -0.05) is 12.1 Å². The predicted molar refractivity (Wildman–Crippen MR) is 63.8 cm³/mol.